The molecule has 1 heterocycles. The van der Waals surface area contributed by atoms with Crippen molar-refractivity contribution >= 4 is 11.3 Å². The monoisotopic (exact) mass is 221 g/mol. The van der Waals surface area contributed by atoms with Crippen LogP contribution in [0.15, 0.2) is 35.8 Å². The Labute approximate surface area is 92.3 Å². The van der Waals surface area contributed by atoms with Crippen LogP contribution in [0.1, 0.15) is 5.01 Å². The number of thiazole rings is 1. The summed E-state index contributed by atoms with van der Waals surface area (Å²) < 4.78 is 10.8. The first-order valence-electron chi connectivity index (χ1n) is 4.54. The summed E-state index contributed by atoms with van der Waals surface area (Å²) >= 11 is 1.58. The van der Waals surface area contributed by atoms with Crippen molar-refractivity contribution in [3.8, 4) is 11.5 Å². The summed E-state index contributed by atoms with van der Waals surface area (Å²) in [5.74, 6) is 1.49. The Kier molecular flexibility index (Phi) is 3.19. The van der Waals surface area contributed by atoms with Crippen LogP contribution in [0.25, 0.3) is 0 Å². The summed E-state index contributed by atoms with van der Waals surface area (Å²) in [5, 5.41) is 2.89. The molecule has 0 radical (unpaired) electrons. The van der Waals surface area contributed by atoms with Crippen molar-refractivity contribution < 1.29 is 9.47 Å². The number of para-hydroxylation sites is 2. The van der Waals surface area contributed by atoms with Crippen molar-refractivity contribution in [2.45, 2.75) is 6.61 Å². The maximum atomic E-state index is 5.60. The van der Waals surface area contributed by atoms with Gasteiger partial charge in [-0.2, -0.15) is 0 Å². The number of benzene rings is 1. The summed E-state index contributed by atoms with van der Waals surface area (Å²) in [6.07, 6.45) is 1.77. The molecule has 15 heavy (non-hydrogen) atoms. The van der Waals surface area contributed by atoms with Gasteiger partial charge in [-0.25, -0.2) is 4.98 Å². The molecule has 78 valence electrons. The average Bonchev–Trinajstić information content (AvgIpc) is 2.79. The second-order valence-corrected chi connectivity index (χ2v) is 3.84. The van der Waals surface area contributed by atoms with E-state index in [9.17, 15) is 0 Å². The molecule has 0 amide bonds. The van der Waals surface area contributed by atoms with Crippen LogP contribution < -0.4 is 9.47 Å². The van der Waals surface area contributed by atoms with E-state index in [0.717, 1.165) is 16.5 Å². The minimum atomic E-state index is 0.484. The minimum absolute atomic E-state index is 0.484. The molecule has 0 aliphatic heterocycles. The zero-order chi connectivity index (χ0) is 10.5. The standard InChI is InChI=1S/C11H11NO2S/c1-13-9-4-2-3-5-10(9)14-8-11-12-6-7-15-11/h2-7H,8H2,1H3. The Bertz CT molecular complexity index is 414. The zero-order valence-electron chi connectivity index (χ0n) is 8.34. The first-order chi connectivity index (χ1) is 7.40. The fraction of sp³-hybridized carbons (Fsp3) is 0.182. The first-order valence-corrected chi connectivity index (χ1v) is 5.42. The van der Waals surface area contributed by atoms with E-state index in [1.807, 2.05) is 29.6 Å². The lowest BCUT2D eigenvalue weighted by Crippen LogP contribution is -1.96. The van der Waals surface area contributed by atoms with E-state index < -0.39 is 0 Å². The second kappa shape index (κ2) is 4.79. The molecular weight excluding hydrogens is 210 g/mol. The fourth-order valence-corrected chi connectivity index (χ4v) is 1.73. The van der Waals surface area contributed by atoms with E-state index in [1.165, 1.54) is 0 Å². The van der Waals surface area contributed by atoms with Crippen LogP contribution in [0.4, 0.5) is 0 Å². The van der Waals surface area contributed by atoms with Gasteiger partial charge in [0.15, 0.2) is 11.5 Å². The van der Waals surface area contributed by atoms with Crippen LogP contribution in [-0.4, -0.2) is 12.1 Å². The Morgan fingerprint density at radius 2 is 2.07 bits per heavy atom. The third kappa shape index (κ3) is 2.47. The maximum Gasteiger partial charge on any atom is 0.161 e. The van der Waals surface area contributed by atoms with Crippen LogP contribution in [0, 0.1) is 0 Å². The lowest BCUT2D eigenvalue weighted by molar-refractivity contribution is 0.284. The fourth-order valence-electron chi connectivity index (χ4n) is 1.20. The van der Waals surface area contributed by atoms with Crippen molar-refractivity contribution in [3.63, 3.8) is 0 Å². The summed E-state index contributed by atoms with van der Waals surface area (Å²) in [5.41, 5.74) is 0. The van der Waals surface area contributed by atoms with E-state index in [2.05, 4.69) is 4.98 Å². The third-order valence-electron chi connectivity index (χ3n) is 1.90. The first kappa shape index (κ1) is 9.98. The zero-order valence-corrected chi connectivity index (χ0v) is 9.16. The largest absolute Gasteiger partial charge is 0.493 e. The number of aromatic nitrogens is 1. The van der Waals surface area contributed by atoms with Gasteiger partial charge in [-0.15, -0.1) is 11.3 Å². The normalized spacial score (nSPS) is 9.93. The van der Waals surface area contributed by atoms with Crippen LogP contribution in [0.2, 0.25) is 0 Å². The molecule has 0 saturated carbocycles. The molecule has 0 bridgehead atoms. The van der Waals surface area contributed by atoms with Crippen molar-refractivity contribution in [2.24, 2.45) is 0 Å². The van der Waals surface area contributed by atoms with Crippen molar-refractivity contribution in [3.05, 3.63) is 40.8 Å². The molecule has 2 rings (SSSR count). The molecule has 0 atom stereocenters. The van der Waals surface area contributed by atoms with Gasteiger partial charge in [0.2, 0.25) is 0 Å². The molecule has 0 unspecified atom stereocenters. The molecule has 2 aromatic rings. The SMILES string of the molecule is COc1ccccc1OCc1nccs1. The van der Waals surface area contributed by atoms with Crippen molar-refractivity contribution in [2.75, 3.05) is 7.11 Å². The van der Waals surface area contributed by atoms with Gasteiger partial charge in [0.25, 0.3) is 0 Å². The van der Waals surface area contributed by atoms with Gasteiger partial charge in [0.1, 0.15) is 11.6 Å². The number of nitrogens with zero attached hydrogens (tertiary/aromatic N) is 1. The Morgan fingerprint density at radius 1 is 1.27 bits per heavy atom. The van der Waals surface area contributed by atoms with Gasteiger partial charge >= 0.3 is 0 Å². The molecule has 0 N–H and O–H groups in total. The molecule has 0 fully saturated rings. The van der Waals surface area contributed by atoms with E-state index >= 15 is 0 Å². The van der Waals surface area contributed by atoms with Gasteiger partial charge in [-0.3, -0.25) is 0 Å². The summed E-state index contributed by atoms with van der Waals surface area (Å²) in [7, 11) is 1.63. The second-order valence-electron chi connectivity index (χ2n) is 2.87. The predicted octanol–water partition coefficient (Wildman–Crippen LogP) is 2.73. The van der Waals surface area contributed by atoms with E-state index in [1.54, 1.807) is 24.6 Å². The summed E-state index contributed by atoms with van der Waals surface area (Å²) in [6.45, 7) is 0.484. The number of methoxy groups -OCH3 is 1. The maximum absolute atomic E-state index is 5.60. The quantitative estimate of drug-likeness (QED) is 0.795. The highest BCUT2D eigenvalue weighted by Gasteiger charge is 2.03. The topological polar surface area (TPSA) is 31.4 Å². The van der Waals surface area contributed by atoms with E-state index in [-0.39, 0.29) is 0 Å². The molecule has 3 nitrogen and oxygen atoms in total. The lowest BCUT2D eigenvalue weighted by atomic mass is 10.3. The highest BCUT2D eigenvalue weighted by Crippen LogP contribution is 2.26. The van der Waals surface area contributed by atoms with Crippen LogP contribution >= 0.6 is 11.3 Å². The van der Waals surface area contributed by atoms with Gasteiger partial charge in [0.05, 0.1) is 7.11 Å². The highest BCUT2D eigenvalue weighted by molar-refractivity contribution is 7.09. The van der Waals surface area contributed by atoms with E-state index in [0.29, 0.717) is 6.61 Å². The van der Waals surface area contributed by atoms with Crippen molar-refractivity contribution in [1.82, 2.24) is 4.98 Å². The predicted molar refractivity (Wildman–Crippen MR) is 59.4 cm³/mol. The minimum Gasteiger partial charge on any atom is -0.493 e. The van der Waals surface area contributed by atoms with Gasteiger partial charge in [-0.1, -0.05) is 12.1 Å². The molecule has 0 saturated heterocycles. The molecular formula is C11H11NO2S. The van der Waals surface area contributed by atoms with Gasteiger partial charge in [0, 0.05) is 11.6 Å². The molecule has 0 spiro atoms. The molecule has 4 heteroatoms. The number of ether oxygens (including phenoxy) is 2. The molecule has 1 aromatic heterocycles. The Hall–Kier alpha value is -1.55. The summed E-state index contributed by atoms with van der Waals surface area (Å²) in [6, 6.07) is 7.58. The average molecular weight is 221 g/mol. The van der Waals surface area contributed by atoms with Crippen LogP contribution in [-0.2, 0) is 6.61 Å². The van der Waals surface area contributed by atoms with E-state index in [4.69, 9.17) is 9.47 Å². The third-order valence-corrected chi connectivity index (χ3v) is 2.66. The Balaban J connectivity index is 2.04. The van der Waals surface area contributed by atoms with Crippen LogP contribution in [0.3, 0.4) is 0 Å². The molecule has 0 aliphatic carbocycles. The molecule has 1 aromatic carbocycles. The number of hydrogen-bond acceptors (Lipinski definition) is 4. The highest BCUT2D eigenvalue weighted by atomic mass is 32.1. The molecule has 0 aliphatic rings. The van der Waals surface area contributed by atoms with Crippen molar-refractivity contribution in [1.29, 1.82) is 0 Å². The number of hydrogen-bond donors (Lipinski definition) is 0. The van der Waals surface area contributed by atoms with Gasteiger partial charge in [-0.05, 0) is 12.1 Å². The summed E-state index contributed by atoms with van der Waals surface area (Å²) in [4.78, 5) is 4.14. The lowest BCUT2D eigenvalue weighted by Gasteiger charge is -2.08. The smallest absolute Gasteiger partial charge is 0.161 e. The van der Waals surface area contributed by atoms with Crippen LogP contribution in [0.5, 0.6) is 11.5 Å². The van der Waals surface area contributed by atoms with Gasteiger partial charge < -0.3 is 9.47 Å². The Morgan fingerprint density at radius 3 is 2.73 bits per heavy atom. The number of rotatable bonds is 4.